The van der Waals surface area contributed by atoms with Gasteiger partial charge in [0.05, 0.1) is 6.42 Å². The molecule has 0 bridgehead atoms. The maximum absolute atomic E-state index is 13.2. The van der Waals surface area contributed by atoms with Crippen molar-refractivity contribution in [3.63, 3.8) is 0 Å². The number of amides is 1. The summed E-state index contributed by atoms with van der Waals surface area (Å²) in [6.07, 6.45) is 0.590. The van der Waals surface area contributed by atoms with Gasteiger partial charge in [0.2, 0.25) is 0 Å². The second kappa shape index (κ2) is 9.46. The first-order valence-electron chi connectivity index (χ1n) is 8.92. The Hall–Kier alpha value is -3.47. The smallest absolute Gasteiger partial charge is 0.310 e. The van der Waals surface area contributed by atoms with Crippen LogP contribution in [0.25, 0.3) is 0 Å². The number of esters is 1. The van der Waals surface area contributed by atoms with Crippen LogP contribution in [0.15, 0.2) is 78.9 Å². The van der Waals surface area contributed by atoms with Gasteiger partial charge in [0.15, 0.2) is 6.61 Å². The maximum atomic E-state index is 13.2. The van der Waals surface area contributed by atoms with Gasteiger partial charge >= 0.3 is 5.97 Å². The molecule has 0 aromatic heterocycles. The quantitative estimate of drug-likeness (QED) is 0.630. The van der Waals surface area contributed by atoms with Gasteiger partial charge in [-0.25, -0.2) is 4.39 Å². The predicted molar refractivity (Wildman–Crippen MR) is 105 cm³/mol. The Morgan fingerprint density at radius 2 is 1.57 bits per heavy atom. The average Bonchev–Trinajstić information content (AvgIpc) is 2.69. The molecule has 3 aromatic rings. The summed E-state index contributed by atoms with van der Waals surface area (Å²) in [7, 11) is 0. The molecule has 1 N–H and O–H groups in total. The third-order valence-electron chi connectivity index (χ3n) is 4.13. The lowest BCUT2D eigenvalue weighted by atomic mass is 10.0. The first-order chi connectivity index (χ1) is 13.6. The van der Waals surface area contributed by atoms with Crippen LogP contribution < -0.4 is 5.32 Å². The fourth-order valence-corrected chi connectivity index (χ4v) is 2.81. The molecule has 0 aliphatic heterocycles. The molecule has 0 saturated heterocycles. The number of anilines is 1. The van der Waals surface area contributed by atoms with E-state index in [1.54, 1.807) is 6.07 Å². The van der Waals surface area contributed by atoms with Crippen LogP contribution in [-0.4, -0.2) is 18.5 Å². The van der Waals surface area contributed by atoms with Gasteiger partial charge in [0, 0.05) is 5.69 Å². The van der Waals surface area contributed by atoms with Gasteiger partial charge in [-0.15, -0.1) is 0 Å². The fraction of sp³-hybridized carbons (Fsp3) is 0.130. The van der Waals surface area contributed by atoms with Gasteiger partial charge in [-0.1, -0.05) is 60.7 Å². The Balaban J connectivity index is 1.54. The van der Waals surface area contributed by atoms with Crippen LogP contribution in [-0.2, 0) is 27.2 Å². The van der Waals surface area contributed by atoms with E-state index in [0.717, 1.165) is 11.1 Å². The van der Waals surface area contributed by atoms with Crippen molar-refractivity contribution in [3.8, 4) is 0 Å². The summed E-state index contributed by atoms with van der Waals surface area (Å²) in [5, 5.41) is 2.78. The molecule has 5 heteroatoms. The van der Waals surface area contributed by atoms with Crippen LogP contribution in [0.5, 0.6) is 0 Å². The first-order valence-corrected chi connectivity index (χ1v) is 8.92. The molecular formula is C23H20FNO3. The van der Waals surface area contributed by atoms with Crippen molar-refractivity contribution in [1.82, 2.24) is 0 Å². The van der Waals surface area contributed by atoms with Gasteiger partial charge in [-0.3, -0.25) is 9.59 Å². The Kier molecular flexibility index (Phi) is 6.52. The van der Waals surface area contributed by atoms with Gasteiger partial charge < -0.3 is 10.1 Å². The van der Waals surface area contributed by atoms with Gasteiger partial charge in [-0.2, -0.15) is 0 Å². The topological polar surface area (TPSA) is 55.4 Å². The zero-order chi connectivity index (χ0) is 19.8. The lowest BCUT2D eigenvalue weighted by molar-refractivity contribution is -0.146. The van der Waals surface area contributed by atoms with Gasteiger partial charge in [0.1, 0.15) is 5.82 Å². The highest BCUT2D eigenvalue weighted by atomic mass is 19.1. The zero-order valence-corrected chi connectivity index (χ0v) is 15.2. The summed E-state index contributed by atoms with van der Waals surface area (Å²) >= 11 is 0. The molecule has 1 amide bonds. The third-order valence-corrected chi connectivity index (χ3v) is 4.13. The summed E-state index contributed by atoms with van der Waals surface area (Å²) in [6.45, 7) is -0.395. The Labute approximate surface area is 163 Å². The van der Waals surface area contributed by atoms with Gasteiger partial charge in [-0.05, 0) is 41.3 Å². The maximum Gasteiger partial charge on any atom is 0.310 e. The highest BCUT2D eigenvalue weighted by molar-refractivity contribution is 5.93. The molecule has 0 aliphatic rings. The summed E-state index contributed by atoms with van der Waals surface area (Å²) in [5.74, 6) is -1.43. The minimum Gasteiger partial charge on any atom is -0.455 e. The van der Waals surface area contributed by atoms with Crippen LogP contribution in [0, 0.1) is 5.82 Å². The third kappa shape index (κ3) is 5.77. The number of benzene rings is 3. The van der Waals surface area contributed by atoms with Crippen molar-refractivity contribution in [2.75, 3.05) is 11.9 Å². The molecule has 0 atom stereocenters. The fourth-order valence-electron chi connectivity index (χ4n) is 2.81. The van der Waals surface area contributed by atoms with Crippen LogP contribution in [0.3, 0.4) is 0 Å². The lowest BCUT2D eigenvalue weighted by Gasteiger charge is -2.11. The van der Waals surface area contributed by atoms with Crippen molar-refractivity contribution in [2.24, 2.45) is 0 Å². The minimum absolute atomic E-state index is 0.0877. The normalized spacial score (nSPS) is 10.3. The number of carbonyl (C=O) groups is 2. The van der Waals surface area contributed by atoms with Crippen molar-refractivity contribution >= 4 is 17.6 Å². The molecule has 0 unspecified atom stereocenters. The van der Waals surface area contributed by atoms with Gasteiger partial charge in [0.25, 0.3) is 5.91 Å². The monoisotopic (exact) mass is 377 g/mol. The van der Waals surface area contributed by atoms with Crippen LogP contribution >= 0.6 is 0 Å². The number of halogens is 1. The molecule has 0 spiro atoms. The number of nitrogens with one attached hydrogen (secondary N) is 1. The number of rotatable bonds is 7. The van der Waals surface area contributed by atoms with Crippen molar-refractivity contribution in [2.45, 2.75) is 12.8 Å². The van der Waals surface area contributed by atoms with Crippen LogP contribution in [0.1, 0.15) is 16.7 Å². The Morgan fingerprint density at radius 3 is 2.36 bits per heavy atom. The zero-order valence-electron chi connectivity index (χ0n) is 15.2. The predicted octanol–water partition coefficient (Wildman–Crippen LogP) is 4.14. The van der Waals surface area contributed by atoms with Crippen molar-refractivity contribution in [1.29, 1.82) is 0 Å². The Bertz CT molecular complexity index is 957. The standard InChI is InChI=1S/C23H20FNO3/c24-20-11-6-9-18(14-20)15-23(27)28-16-22(26)25-21-12-5-4-10-19(21)13-17-7-2-1-3-8-17/h1-12,14H,13,15-16H2,(H,25,26). The Morgan fingerprint density at radius 1 is 0.857 bits per heavy atom. The van der Waals surface area contributed by atoms with E-state index in [2.05, 4.69) is 5.32 Å². The molecule has 0 saturated carbocycles. The molecule has 0 radical (unpaired) electrons. The summed E-state index contributed by atoms with van der Waals surface area (Å²) < 4.78 is 18.2. The number of hydrogen-bond donors (Lipinski definition) is 1. The van der Waals surface area contributed by atoms with Crippen LogP contribution in [0.4, 0.5) is 10.1 Å². The van der Waals surface area contributed by atoms with E-state index in [-0.39, 0.29) is 6.42 Å². The molecule has 0 aliphatic carbocycles. The second-order valence-electron chi connectivity index (χ2n) is 6.34. The molecule has 3 rings (SSSR count). The summed E-state index contributed by atoms with van der Waals surface area (Å²) in [5.41, 5.74) is 3.27. The van der Waals surface area contributed by atoms with Crippen molar-refractivity contribution in [3.05, 3.63) is 101 Å². The molecular weight excluding hydrogens is 357 g/mol. The summed E-state index contributed by atoms with van der Waals surface area (Å²) in [4.78, 5) is 24.0. The van der Waals surface area contributed by atoms with E-state index in [9.17, 15) is 14.0 Å². The molecule has 142 valence electrons. The first kappa shape index (κ1) is 19.3. The second-order valence-corrected chi connectivity index (χ2v) is 6.34. The van der Waals surface area contributed by atoms with E-state index >= 15 is 0 Å². The minimum atomic E-state index is -0.585. The molecule has 0 fully saturated rings. The SMILES string of the molecule is O=C(COC(=O)Cc1cccc(F)c1)Nc1ccccc1Cc1ccccc1. The number of para-hydroxylation sites is 1. The molecule has 0 heterocycles. The molecule has 4 nitrogen and oxygen atoms in total. The number of carbonyl (C=O) groups excluding carboxylic acids is 2. The van der Waals surface area contributed by atoms with E-state index in [0.29, 0.717) is 17.7 Å². The highest BCUT2D eigenvalue weighted by Gasteiger charge is 2.11. The van der Waals surface area contributed by atoms with E-state index in [4.69, 9.17) is 4.74 Å². The number of ether oxygens (including phenoxy) is 1. The lowest BCUT2D eigenvalue weighted by Crippen LogP contribution is -2.22. The number of hydrogen-bond acceptors (Lipinski definition) is 3. The van der Waals surface area contributed by atoms with Crippen molar-refractivity contribution < 1.29 is 18.7 Å². The molecule has 28 heavy (non-hydrogen) atoms. The van der Waals surface area contributed by atoms with E-state index < -0.39 is 24.3 Å². The average molecular weight is 377 g/mol. The summed E-state index contributed by atoms with van der Waals surface area (Å²) in [6, 6.07) is 23.1. The molecule has 3 aromatic carbocycles. The van der Waals surface area contributed by atoms with Crippen LogP contribution in [0.2, 0.25) is 0 Å². The highest BCUT2D eigenvalue weighted by Crippen LogP contribution is 2.19. The van der Waals surface area contributed by atoms with E-state index in [1.807, 2.05) is 54.6 Å². The van der Waals surface area contributed by atoms with E-state index in [1.165, 1.54) is 18.2 Å². The largest absolute Gasteiger partial charge is 0.455 e.